The Balaban J connectivity index is 2.08. The summed E-state index contributed by atoms with van der Waals surface area (Å²) in [5.74, 6) is 0. The quantitative estimate of drug-likeness (QED) is 0.376. The molecule has 1 aromatic carbocycles. The molecule has 0 fully saturated rings. The van der Waals surface area contributed by atoms with Crippen molar-refractivity contribution in [1.82, 2.24) is 14.0 Å². The Labute approximate surface area is 172 Å². The van der Waals surface area contributed by atoms with Crippen LogP contribution in [0.5, 0.6) is 0 Å². The molecule has 154 valence electrons. The molecule has 30 heavy (non-hydrogen) atoms. The lowest BCUT2D eigenvalue weighted by Gasteiger charge is -2.15. The Kier molecular flexibility index (Phi) is 5.23. The standard InChI is InChI=1S/C21H20N4O4S/c1-29-13-7-12-25-19(22)17(30(27,28)15-8-3-2-4-9-15)14-16-20(25)23-18-10-5-6-11-24(18)21(16)26/h2-6,8-11,14,22H,7,12-13H2,1H3. The highest BCUT2D eigenvalue weighted by Gasteiger charge is 2.23. The normalized spacial score (nSPS) is 11.9. The van der Waals surface area contributed by atoms with Gasteiger partial charge in [-0.05, 0) is 36.8 Å². The summed E-state index contributed by atoms with van der Waals surface area (Å²) in [4.78, 5) is 17.5. The summed E-state index contributed by atoms with van der Waals surface area (Å²) in [6.07, 6.45) is 2.12. The van der Waals surface area contributed by atoms with Gasteiger partial charge in [0, 0.05) is 26.5 Å². The van der Waals surface area contributed by atoms with Gasteiger partial charge < -0.3 is 9.30 Å². The maximum absolute atomic E-state index is 13.3. The third-order valence-electron chi connectivity index (χ3n) is 4.86. The van der Waals surface area contributed by atoms with Crippen LogP contribution < -0.4 is 11.0 Å². The van der Waals surface area contributed by atoms with Crippen molar-refractivity contribution in [2.45, 2.75) is 22.8 Å². The number of ether oxygens (including phenoxy) is 1. The van der Waals surface area contributed by atoms with Gasteiger partial charge in [0.1, 0.15) is 21.7 Å². The number of hydrogen-bond donors (Lipinski definition) is 1. The van der Waals surface area contributed by atoms with Gasteiger partial charge in [0.25, 0.3) is 5.56 Å². The number of sulfone groups is 1. The van der Waals surface area contributed by atoms with Crippen LogP contribution in [0.3, 0.4) is 0 Å². The molecule has 0 aliphatic rings. The van der Waals surface area contributed by atoms with E-state index in [1.165, 1.54) is 27.2 Å². The number of fused-ring (bicyclic) bond motifs is 2. The van der Waals surface area contributed by atoms with E-state index in [4.69, 9.17) is 10.1 Å². The zero-order valence-electron chi connectivity index (χ0n) is 16.3. The zero-order chi connectivity index (χ0) is 21.3. The van der Waals surface area contributed by atoms with Crippen LogP contribution in [0, 0.1) is 5.41 Å². The highest BCUT2D eigenvalue weighted by molar-refractivity contribution is 7.91. The molecule has 3 aromatic heterocycles. The second kappa shape index (κ2) is 7.85. The third-order valence-corrected chi connectivity index (χ3v) is 6.64. The van der Waals surface area contributed by atoms with Crippen molar-refractivity contribution in [2.75, 3.05) is 13.7 Å². The smallest absolute Gasteiger partial charge is 0.267 e. The molecule has 9 heteroatoms. The van der Waals surface area contributed by atoms with Gasteiger partial charge in [-0.15, -0.1) is 0 Å². The minimum atomic E-state index is -4.00. The lowest BCUT2D eigenvalue weighted by atomic mass is 10.3. The van der Waals surface area contributed by atoms with Gasteiger partial charge in [-0.1, -0.05) is 24.3 Å². The van der Waals surface area contributed by atoms with E-state index >= 15 is 0 Å². The minimum Gasteiger partial charge on any atom is -0.385 e. The fourth-order valence-corrected chi connectivity index (χ4v) is 4.78. The van der Waals surface area contributed by atoms with E-state index in [2.05, 4.69) is 4.98 Å². The Morgan fingerprint density at radius 3 is 2.57 bits per heavy atom. The molecular weight excluding hydrogens is 404 g/mol. The highest BCUT2D eigenvalue weighted by atomic mass is 32.2. The monoisotopic (exact) mass is 424 g/mol. The lowest BCUT2D eigenvalue weighted by molar-refractivity contribution is 0.190. The number of rotatable bonds is 6. The van der Waals surface area contributed by atoms with Crippen LogP contribution in [0.15, 0.2) is 75.4 Å². The van der Waals surface area contributed by atoms with E-state index in [9.17, 15) is 13.2 Å². The molecule has 0 amide bonds. The number of pyridine rings is 2. The van der Waals surface area contributed by atoms with Crippen LogP contribution in [0.2, 0.25) is 0 Å². The van der Waals surface area contributed by atoms with Crippen LogP contribution in [-0.2, 0) is 21.1 Å². The number of aryl methyl sites for hydroxylation is 1. The number of aromatic nitrogens is 3. The zero-order valence-corrected chi connectivity index (χ0v) is 17.1. The summed E-state index contributed by atoms with van der Waals surface area (Å²) >= 11 is 0. The fraction of sp³-hybridized carbons (Fsp3) is 0.190. The average molecular weight is 424 g/mol. The molecule has 4 rings (SSSR count). The molecule has 1 N–H and O–H groups in total. The molecule has 8 nitrogen and oxygen atoms in total. The van der Waals surface area contributed by atoms with Crippen molar-refractivity contribution in [3.8, 4) is 0 Å². The van der Waals surface area contributed by atoms with Gasteiger partial charge in [-0.3, -0.25) is 14.6 Å². The van der Waals surface area contributed by atoms with Crippen molar-refractivity contribution in [1.29, 1.82) is 5.41 Å². The predicted octanol–water partition coefficient (Wildman–Crippen LogP) is 2.00. The number of hydrogen-bond acceptors (Lipinski definition) is 6. The second-order valence-corrected chi connectivity index (χ2v) is 8.67. The third kappa shape index (κ3) is 3.31. The molecule has 0 radical (unpaired) electrons. The van der Waals surface area contributed by atoms with E-state index in [-0.39, 0.29) is 38.4 Å². The number of nitrogens with zero attached hydrogens (tertiary/aromatic N) is 3. The van der Waals surface area contributed by atoms with Crippen LogP contribution in [-0.4, -0.2) is 36.1 Å². The van der Waals surface area contributed by atoms with Crippen LogP contribution >= 0.6 is 0 Å². The maximum Gasteiger partial charge on any atom is 0.267 e. The summed E-state index contributed by atoms with van der Waals surface area (Å²) in [6, 6.07) is 14.3. The molecule has 3 heterocycles. The first kappa shape index (κ1) is 20.0. The van der Waals surface area contributed by atoms with E-state index in [1.54, 1.807) is 49.7 Å². The topological polar surface area (TPSA) is 107 Å². The summed E-state index contributed by atoms with van der Waals surface area (Å²) < 4.78 is 34.5. The molecular formula is C21H20N4O4S. The van der Waals surface area contributed by atoms with E-state index < -0.39 is 9.84 Å². The average Bonchev–Trinajstić information content (AvgIpc) is 2.76. The molecule has 0 saturated carbocycles. The summed E-state index contributed by atoms with van der Waals surface area (Å²) in [5.41, 5.74) is 0.100. The highest BCUT2D eigenvalue weighted by Crippen LogP contribution is 2.20. The van der Waals surface area contributed by atoms with Crippen molar-refractivity contribution in [3.05, 3.63) is 76.6 Å². The molecule has 0 aliphatic heterocycles. The molecule has 0 unspecified atom stereocenters. The van der Waals surface area contributed by atoms with Crippen molar-refractivity contribution < 1.29 is 13.2 Å². The largest absolute Gasteiger partial charge is 0.385 e. The molecule has 0 aliphatic carbocycles. The Hall–Kier alpha value is -3.30. The second-order valence-electron chi connectivity index (χ2n) is 6.75. The van der Waals surface area contributed by atoms with Crippen LogP contribution in [0.1, 0.15) is 6.42 Å². The van der Waals surface area contributed by atoms with Gasteiger partial charge in [0.2, 0.25) is 9.84 Å². The summed E-state index contributed by atoms with van der Waals surface area (Å²) in [5, 5.41) is 8.78. The Morgan fingerprint density at radius 1 is 1.10 bits per heavy atom. The van der Waals surface area contributed by atoms with E-state index in [0.717, 1.165) is 0 Å². The molecule has 0 spiro atoms. The number of benzene rings is 1. The fourth-order valence-electron chi connectivity index (χ4n) is 3.38. The van der Waals surface area contributed by atoms with E-state index in [1.807, 2.05) is 0 Å². The SMILES string of the molecule is COCCCn1c(=N)c(S(=O)(=O)c2ccccc2)cc2c(=O)n3ccccc3nc21. The van der Waals surface area contributed by atoms with Crippen molar-refractivity contribution in [2.24, 2.45) is 0 Å². The summed E-state index contributed by atoms with van der Waals surface area (Å²) in [6.45, 7) is 0.715. The van der Waals surface area contributed by atoms with Gasteiger partial charge in [-0.2, -0.15) is 0 Å². The van der Waals surface area contributed by atoms with Gasteiger partial charge >= 0.3 is 0 Å². The molecule has 4 aromatic rings. The maximum atomic E-state index is 13.3. The van der Waals surface area contributed by atoms with Crippen LogP contribution in [0.4, 0.5) is 0 Å². The molecule has 0 bridgehead atoms. The van der Waals surface area contributed by atoms with Crippen molar-refractivity contribution in [3.63, 3.8) is 0 Å². The van der Waals surface area contributed by atoms with Crippen LogP contribution in [0.25, 0.3) is 16.7 Å². The van der Waals surface area contributed by atoms with Gasteiger partial charge in [-0.25, -0.2) is 13.4 Å². The van der Waals surface area contributed by atoms with E-state index in [0.29, 0.717) is 18.7 Å². The Bertz CT molecular complexity index is 1460. The molecule has 0 saturated heterocycles. The Morgan fingerprint density at radius 2 is 1.83 bits per heavy atom. The number of nitrogens with one attached hydrogen (secondary N) is 1. The first-order valence-electron chi connectivity index (χ1n) is 9.34. The summed E-state index contributed by atoms with van der Waals surface area (Å²) in [7, 11) is -2.43. The van der Waals surface area contributed by atoms with Crippen molar-refractivity contribution >= 4 is 26.5 Å². The molecule has 0 atom stereocenters. The van der Waals surface area contributed by atoms with Gasteiger partial charge in [0.15, 0.2) is 0 Å². The first-order chi connectivity index (χ1) is 14.4. The first-order valence-corrected chi connectivity index (χ1v) is 10.8. The number of methoxy groups -OCH3 is 1. The predicted molar refractivity (Wildman–Crippen MR) is 111 cm³/mol. The minimum absolute atomic E-state index is 0.0649. The lowest BCUT2D eigenvalue weighted by Crippen LogP contribution is -2.30. The van der Waals surface area contributed by atoms with Gasteiger partial charge in [0.05, 0.1) is 10.3 Å².